The van der Waals surface area contributed by atoms with Gasteiger partial charge in [0.1, 0.15) is 0 Å². The van der Waals surface area contributed by atoms with Crippen molar-refractivity contribution in [3.8, 4) is 10.4 Å². The van der Waals surface area contributed by atoms with Gasteiger partial charge in [-0.15, -0.1) is 11.3 Å². The van der Waals surface area contributed by atoms with Crippen LogP contribution in [-0.4, -0.2) is 0 Å². The van der Waals surface area contributed by atoms with Gasteiger partial charge >= 0.3 is 0 Å². The van der Waals surface area contributed by atoms with Crippen LogP contribution in [0.4, 0.5) is 0 Å². The maximum Gasteiger partial charge on any atom is 0.0592 e. The van der Waals surface area contributed by atoms with Gasteiger partial charge < -0.3 is 0 Å². The highest BCUT2D eigenvalue weighted by Gasteiger charge is 2.13. The van der Waals surface area contributed by atoms with Gasteiger partial charge in [-0.1, -0.05) is 56.6 Å². The third-order valence-corrected chi connectivity index (χ3v) is 4.02. The van der Waals surface area contributed by atoms with Crippen molar-refractivity contribution in [2.24, 2.45) is 0 Å². The van der Waals surface area contributed by atoms with E-state index >= 15 is 0 Å². The second kappa shape index (κ2) is 4.23. The highest BCUT2D eigenvalue weighted by Crippen LogP contribution is 2.34. The SMILES string of the molecule is CC(C)(C)c1ccc(-c2sccc2Cl)cc1. The van der Waals surface area contributed by atoms with Crippen LogP contribution in [0.3, 0.4) is 0 Å². The lowest BCUT2D eigenvalue weighted by molar-refractivity contribution is 0.590. The summed E-state index contributed by atoms with van der Waals surface area (Å²) in [6.07, 6.45) is 0. The first-order valence-electron chi connectivity index (χ1n) is 5.32. The van der Waals surface area contributed by atoms with Gasteiger partial charge in [-0.25, -0.2) is 0 Å². The largest absolute Gasteiger partial charge is 0.142 e. The van der Waals surface area contributed by atoms with Crippen molar-refractivity contribution in [2.75, 3.05) is 0 Å². The molecule has 2 heteroatoms. The molecule has 16 heavy (non-hydrogen) atoms. The Morgan fingerprint density at radius 2 is 1.62 bits per heavy atom. The molecule has 0 radical (unpaired) electrons. The highest BCUT2D eigenvalue weighted by atomic mass is 35.5. The lowest BCUT2D eigenvalue weighted by atomic mass is 9.86. The van der Waals surface area contributed by atoms with Gasteiger partial charge in [0.15, 0.2) is 0 Å². The fourth-order valence-corrected chi connectivity index (χ4v) is 2.79. The van der Waals surface area contributed by atoms with E-state index in [0.29, 0.717) is 0 Å². The molecular weight excluding hydrogens is 236 g/mol. The molecule has 0 aliphatic rings. The zero-order chi connectivity index (χ0) is 11.8. The van der Waals surface area contributed by atoms with Crippen LogP contribution in [0.5, 0.6) is 0 Å². The van der Waals surface area contributed by atoms with Gasteiger partial charge in [-0.3, -0.25) is 0 Å². The molecule has 0 bridgehead atoms. The molecule has 0 nitrogen and oxygen atoms in total. The molecule has 0 unspecified atom stereocenters. The van der Waals surface area contributed by atoms with E-state index in [0.717, 1.165) is 9.90 Å². The Balaban J connectivity index is 2.37. The van der Waals surface area contributed by atoms with E-state index in [1.54, 1.807) is 11.3 Å². The Morgan fingerprint density at radius 1 is 1.00 bits per heavy atom. The van der Waals surface area contributed by atoms with Crippen molar-refractivity contribution < 1.29 is 0 Å². The fourth-order valence-electron chi connectivity index (χ4n) is 1.62. The predicted molar refractivity (Wildman–Crippen MR) is 73.5 cm³/mol. The van der Waals surface area contributed by atoms with E-state index in [-0.39, 0.29) is 5.41 Å². The summed E-state index contributed by atoms with van der Waals surface area (Å²) in [5.41, 5.74) is 2.76. The molecule has 84 valence electrons. The lowest BCUT2D eigenvalue weighted by Crippen LogP contribution is -2.10. The van der Waals surface area contributed by atoms with Crippen LogP contribution in [0.25, 0.3) is 10.4 Å². The molecule has 2 aromatic rings. The quantitative estimate of drug-likeness (QED) is 0.639. The Morgan fingerprint density at radius 3 is 2.06 bits per heavy atom. The first-order valence-corrected chi connectivity index (χ1v) is 6.58. The minimum Gasteiger partial charge on any atom is -0.142 e. The van der Waals surface area contributed by atoms with Crippen LogP contribution in [0.15, 0.2) is 35.7 Å². The fraction of sp³-hybridized carbons (Fsp3) is 0.286. The van der Waals surface area contributed by atoms with Gasteiger partial charge in [0.25, 0.3) is 0 Å². The Bertz CT molecular complexity index is 474. The minimum atomic E-state index is 0.206. The van der Waals surface area contributed by atoms with E-state index < -0.39 is 0 Å². The van der Waals surface area contributed by atoms with Crippen LogP contribution >= 0.6 is 22.9 Å². The Labute approximate surface area is 106 Å². The third kappa shape index (κ3) is 2.31. The first kappa shape index (κ1) is 11.7. The van der Waals surface area contributed by atoms with Crippen LogP contribution in [-0.2, 0) is 5.41 Å². The van der Waals surface area contributed by atoms with E-state index in [2.05, 4.69) is 45.0 Å². The molecule has 2 rings (SSSR count). The molecule has 0 aliphatic carbocycles. The first-order chi connectivity index (χ1) is 7.48. The number of thiophene rings is 1. The number of hydrogen-bond donors (Lipinski definition) is 0. The normalized spacial score (nSPS) is 11.8. The Kier molecular flexibility index (Phi) is 3.09. The van der Waals surface area contributed by atoms with Gasteiger partial charge in [0.2, 0.25) is 0 Å². The zero-order valence-electron chi connectivity index (χ0n) is 9.75. The second-order valence-corrected chi connectivity index (χ2v) is 6.25. The Hall–Kier alpha value is -0.790. The second-order valence-electron chi connectivity index (χ2n) is 4.93. The van der Waals surface area contributed by atoms with Crippen molar-refractivity contribution in [3.05, 3.63) is 46.3 Å². The molecule has 0 saturated carbocycles. The maximum atomic E-state index is 6.11. The molecule has 0 spiro atoms. The molecule has 0 atom stereocenters. The predicted octanol–water partition coefficient (Wildman–Crippen LogP) is 5.37. The van der Waals surface area contributed by atoms with Crippen molar-refractivity contribution in [2.45, 2.75) is 26.2 Å². The maximum absolute atomic E-state index is 6.11. The topological polar surface area (TPSA) is 0 Å². The van der Waals surface area contributed by atoms with Crippen molar-refractivity contribution in [3.63, 3.8) is 0 Å². The highest BCUT2D eigenvalue weighted by molar-refractivity contribution is 7.14. The average Bonchev–Trinajstić information content (AvgIpc) is 2.63. The smallest absolute Gasteiger partial charge is 0.0592 e. The van der Waals surface area contributed by atoms with Crippen LogP contribution in [0.2, 0.25) is 5.02 Å². The number of rotatable bonds is 1. The molecule has 0 N–H and O–H groups in total. The van der Waals surface area contributed by atoms with E-state index in [1.807, 2.05) is 11.4 Å². The van der Waals surface area contributed by atoms with Gasteiger partial charge in [0, 0.05) is 0 Å². The summed E-state index contributed by atoms with van der Waals surface area (Å²) in [6.45, 7) is 6.67. The van der Waals surface area contributed by atoms with E-state index in [4.69, 9.17) is 11.6 Å². The number of benzene rings is 1. The number of halogens is 1. The van der Waals surface area contributed by atoms with Crippen LogP contribution < -0.4 is 0 Å². The molecule has 1 aromatic carbocycles. The summed E-state index contributed by atoms with van der Waals surface area (Å²) in [4.78, 5) is 1.15. The van der Waals surface area contributed by atoms with Gasteiger partial charge in [0.05, 0.1) is 9.90 Å². The van der Waals surface area contributed by atoms with Gasteiger partial charge in [-0.2, -0.15) is 0 Å². The summed E-state index contributed by atoms with van der Waals surface area (Å²) in [7, 11) is 0. The van der Waals surface area contributed by atoms with Gasteiger partial charge in [-0.05, 0) is 28.0 Å². The van der Waals surface area contributed by atoms with Crippen LogP contribution in [0, 0.1) is 0 Å². The molecular formula is C14H15ClS. The van der Waals surface area contributed by atoms with Crippen molar-refractivity contribution in [1.82, 2.24) is 0 Å². The monoisotopic (exact) mass is 250 g/mol. The summed E-state index contributed by atoms with van der Waals surface area (Å²) >= 11 is 7.80. The van der Waals surface area contributed by atoms with E-state index in [9.17, 15) is 0 Å². The summed E-state index contributed by atoms with van der Waals surface area (Å²) in [6, 6.07) is 10.6. The van der Waals surface area contributed by atoms with Crippen molar-refractivity contribution in [1.29, 1.82) is 0 Å². The molecule has 0 fully saturated rings. The molecule has 1 heterocycles. The average molecular weight is 251 g/mol. The summed E-state index contributed by atoms with van der Waals surface area (Å²) < 4.78 is 0. The van der Waals surface area contributed by atoms with E-state index in [1.165, 1.54) is 11.1 Å². The van der Waals surface area contributed by atoms with Crippen LogP contribution in [0.1, 0.15) is 26.3 Å². The molecule has 0 saturated heterocycles. The molecule has 1 aromatic heterocycles. The standard InChI is InChI=1S/C14H15ClS/c1-14(2,3)11-6-4-10(5-7-11)13-12(15)8-9-16-13/h4-9H,1-3H3. The lowest BCUT2D eigenvalue weighted by Gasteiger charge is -2.19. The zero-order valence-corrected chi connectivity index (χ0v) is 11.3. The summed E-state index contributed by atoms with van der Waals surface area (Å²) in [5.74, 6) is 0. The van der Waals surface area contributed by atoms with Crippen molar-refractivity contribution >= 4 is 22.9 Å². The molecule has 0 aliphatic heterocycles. The number of hydrogen-bond acceptors (Lipinski definition) is 1. The minimum absolute atomic E-state index is 0.206. The third-order valence-electron chi connectivity index (χ3n) is 2.63. The summed E-state index contributed by atoms with van der Waals surface area (Å²) in [5, 5.41) is 2.86. The molecule has 0 amide bonds.